The molecule has 0 aliphatic heterocycles. The summed E-state index contributed by atoms with van der Waals surface area (Å²) in [5.41, 5.74) is 1.92. The van der Waals surface area contributed by atoms with Crippen LogP contribution in [0.25, 0.3) is 16.7 Å². The maximum absolute atomic E-state index is 11.9. The van der Waals surface area contributed by atoms with Gasteiger partial charge in [0, 0.05) is 19.2 Å². The summed E-state index contributed by atoms with van der Waals surface area (Å²) in [6, 6.07) is 4.05. The predicted octanol–water partition coefficient (Wildman–Crippen LogP) is 1.17. The van der Waals surface area contributed by atoms with Gasteiger partial charge in [-0.2, -0.15) is 5.26 Å². The van der Waals surface area contributed by atoms with Gasteiger partial charge in [0.2, 0.25) is 5.91 Å². The highest BCUT2D eigenvalue weighted by molar-refractivity contribution is 5.88. The highest BCUT2D eigenvalue weighted by Gasteiger charge is 2.50. The van der Waals surface area contributed by atoms with Gasteiger partial charge in [0.05, 0.1) is 29.5 Å². The molecule has 0 saturated heterocycles. The van der Waals surface area contributed by atoms with E-state index in [1.807, 2.05) is 16.7 Å². The molecular weight excluding hydrogens is 280 g/mol. The minimum atomic E-state index is -0.771. The molecule has 2 N–H and O–H groups in total. The molecule has 3 heterocycles. The second kappa shape index (κ2) is 4.56. The molecule has 110 valence electrons. The number of hydrogen-bond acceptors (Lipinski definition) is 4. The Bertz CT molecular complexity index is 911. The van der Waals surface area contributed by atoms with Crippen LogP contribution in [0.2, 0.25) is 0 Å². The molecular formula is C15H14N6O. The van der Waals surface area contributed by atoms with E-state index in [0.717, 1.165) is 22.5 Å². The first-order valence-corrected chi connectivity index (χ1v) is 7.21. The molecule has 1 saturated carbocycles. The normalized spacial score (nSPS) is 15.8. The number of aromatic nitrogens is 4. The summed E-state index contributed by atoms with van der Waals surface area (Å²) in [5.74, 6) is 0.702. The quantitative estimate of drug-likeness (QED) is 0.754. The number of fused-ring (bicyclic) bond motifs is 3. The van der Waals surface area contributed by atoms with Crippen molar-refractivity contribution in [2.24, 2.45) is 5.41 Å². The fraction of sp³-hybridized carbons (Fsp3) is 0.333. The van der Waals surface area contributed by atoms with Gasteiger partial charge in [-0.15, -0.1) is 0 Å². The zero-order chi connectivity index (χ0) is 15.2. The van der Waals surface area contributed by atoms with E-state index in [-0.39, 0.29) is 5.91 Å². The predicted molar refractivity (Wildman–Crippen MR) is 78.8 cm³/mol. The second-order valence-corrected chi connectivity index (χ2v) is 5.60. The fourth-order valence-electron chi connectivity index (χ4n) is 2.69. The molecule has 7 nitrogen and oxygen atoms in total. The van der Waals surface area contributed by atoms with E-state index in [1.165, 1.54) is 0 Å². The van der Waals surface area contributed by atoms with Crippen LogP contribution in [-0.2, 0) is 11.2 Å². The monoisotopic (exact) mass is 294 g/mol. The molecule has 3 aromatic heterocycles. The number of aromatic amines is 1. The average Bonchev–Trinajstić information content (AvgIpc) is 3.00. The van der Waals surface area contributed by atoms with E-state index in [2.05, 4.69) is 26.3 Å². The molecule has 22 heavy (non-hydrogen) atoms. The smallest absolute Gasteiger partial charge is 0.240 e. The van der Waals surface area contributed by atoms with E-state index in [0.29, 0.717) is 25.8 Å². The van der Waals surface area contributed by atoms with Crippen molar-refractivity contribution in [2.45, 2.75) is 19.3 Å². The number of nitrogens with one attached hydrogen (secondary N) is 2. The van der Waals surface area contributed by atoms with Crippen LogP contribution in [-0.4, -0.2) is 31.8 Å². The molecule has 0 unspecified atom stereocenters. The highest BCUT2D eigenvalue weighted by Crippen LogP contribution is 2.44. The highest BCUT2D eigenvalue weighted by atomic mass is 16.2. The number of nitrogens with zero attached hydrogens (tertiary/aromatic N) is 4. The standard InChI is InChI=1S/C15H14N6O/c16-9-15(3-4-15)14(22)18-6-2-12-19-7-10-8-20-13-11(21(10)12)1-5-17-13/h1,5,7-8,17H,2-4,6H2,(H,18,22). The van der Waals surface area contributed by atoms with Crippen LogP contribution in [0.3, 0.4) is 0 Å². The Morgan fingerprint density at radius 1 is 1.45 bits per heavy atom. The minimum Gasteiger partial charge on any atom is -0.354 e. The van der Waals surface area contributed by atoms with E-state index >= 15 is 0 Å². The number of imidazole rings is 1. The molecule has 0 radical (unpaired) electrons. The summed E-state index contributed by atoms with van der Waals surface area (Å²) >= 11 is 0. The van der Waals surface area contributed by atoms with Crippen molar-refractivity contribution in [1.29, 1.82) is 5.26 Å². The number of amides is 1. The van der Waals surface area contributed by atoms with Crippen LogP contribution in [0.1, 0.15) is 18.7 Å². The van der Waals surface area contributed by atoms with E-state index in [1.54, 1.807) is 12.4 Å². The molecule has 1 amide bonds. The molecule has 7 heteroatoms. The Hall–Kier alpha value is -2.88. The van der Waals surface area contributed by atoms with Gasteiger partial charge >= 0.3 is 0 Å². The lowest BCUT2D eigenvalue weighted by Crippen LogP contribution is -2.32. The van der Waals surface area contributed by atoms with Gasteiger partial charge in [-0.1, -0.05) is 0 Å². The summed E-state index contributed by atoms with van der Waals surface area (Å²) in [6.07, 6.45) is 7.31. The van der Waals surface area contributed by atoms with Crippen LogP contribution in [0.15, 0.2) is 24.7 Å². The molecule has 1 fully saturated rings. The van der Waals surface area contributed by atoms with E-state index in [9.17, 15) is 4.79 Å². The lowest BCUT2D eigenvalue weighted by atomic mass is 10.1. The maximum atomic E-state index is 11.9. The zero-order valence-corrected chi connectivity index (χ0v) is 11.8. The van der Waals surface area contributed by atoms with Gasteiger partial charge in [-0.05, 0) is 18.9 Å². The molecule has 0 bridgehead atoms. The molecule has 0 spiro atoms. The van der Waals surface area contributed by atoms with Crippen molar-refractivity contribution >= 4 is 22.6 Å². The van der Waals surface area contributed by atoms with Crippen LogP contribution in [0.5, 0.6) is 0 Å². The molecule has 0 aromatic carbocycles. The second-order valence-electron chi connectivity index (χ2n) is 5.60. The third-order valence-corrected chi connectivity index (χ3v) is 4.17. The molecule has 1 aliphatic carbocycles. The molecule has 0 atom stereocenters. The van der Waals surface area contributed by atoms with Crippen molar-refractivity contribution in [3.8, 4) is 6.07 Å². The van der Waals surface area contributed by atoms with Crippen molar-refractivity contribution in [3.63, 3.8) is 0 Å². The average molecular weight is 294 g/mol. The lowest BCUT2D eigenvalue weighted by Gasteiger charge is -2.08. The van der Waals surface area contributed by atoms with E-state index in [4.69, 9.17) is 5.26 Å². The van der Waals surface area contributed by atoms with Crippen LogP contribution < -0.4 is 5.32 Å². The van der Waals surface area contributed by atoms with Gasteiger partial charge in [0.25, 0.3) is 0 Å². The summed E-state index contributed by atoms with van der Waals surface area (Å²) in [5, 5.41) is 11.9. The van der Waals surface area contributed by atoms with Gasteiger partial charge in [0.15, 0.2) is 5.65 Å². The first-order chi connectivity index (χ1) is 10.7. The first kappa shape index (κ1) is 12.8. The number of hydrogen-bond donors (Lipinski definition) is 2. The largest absolute Gasteiger partial charge is 0.354 e. The van der Waals surface area contributed by atoms with Gasteiger partial charge in [0.1, 0.15) is 11.2 Å². The number of nitriles is 1. The Balaban J connectivity index is 1.54. The summed E-state index contributed by atoms with van der Waals surface area (Å²) in [4.78, 5) is 23.8. The van der Waals surface area contributed by atoms with Crippen LogP contribution in [0.4, 0.5) is 0 Å². The maximum Gasteiger partial charge on any atom is 0.240 e. The zero-order valence-electron chi connectivity index (χ0n) is 11.8. The molecule has 1 aliphatic rings. The van der Waals surface area contributed by atoms with Crippen LogP contribution >= 0.6 is 0 Å². The van der Waals surface area contributed by atoms with Crippen molar-refractivity contribution in [3.05, 3.63) is 30.5 Å². The van der Waals surface area contributed by atoms with Crippen molar-refractivity contribution in [1.82, 2.24) is 24.7 Å². The minimum absolute atomic E-state index is 0.163. The molecule has 4 rings (SSSR count). The van der Waals surface area contributed by atoms with Gasteiger partial charge in [-0.3, -0.25) is 9.20 Å². The number of rotatable bonds is 4. The van der Waals surface area contributed by atoms with Crippen molar-refractivity contribution in [2.75, 3.05) is 6.54 Å². The number of carbonyl (C=O) groups is 1. The van der Waals surface area contributed by atoms with Crippen molar-refractivity contribution < 1.29 is 4.79 Å². The first-order valence-electron chi connectivity index (χ1n) is 7.21. The fourth-order valence-corrected chi connectivity index (χ4v) is 2.69. The third kappa shape index (κ3) is 1.84. The topological polar surface area (TPSA) is 98.9 Å². The lowest BCUT2D eigenvalue weighted by molar-refractivity contribution is -0.124. The van der Waals surface area contributed by atoms with E-state index < -0.39 is 5.41 Å². The number of H-pyrrole nitrogens is 1. The van der Waals surface area contributed by atoms with Crippen LogP contribution in [0, 0.1) is 16.7 Å². The van der Waals surface area contributed by atoms with Gasteiger partial charge < -0.3 is 10.3 Å². The summed E-state index contributed by atoms with van der Waals surface area (Å²) in [6.45, 7) is 0.468. The number of carbonyl (C=O) groups excluding carboxylic acids is 1. The summed E-state index contributed by atoms with van der Waals surface area (Å²) in [7, 11) is 0. The van der Waals surface area contributed by atoms with Gasteiger partial charge in [-0.25, -0.2) is 9.97 Å². The third-order valence-electron chi connectivity index (χ3n) is 4.17. The Morgan fingerprint density at radius 3 is 3.05 bits per heavy atom. The molecule has 3 aromatic rings. The summed E-state index contributed by atoms with van der Waals surface area (Å²) < 4.78 is 2.03. The Labute approximate surface area is 126 Å². The SMILES string of the molecule is N#CC1(C(=O)NCCc2ncc3cnc4[nH]ccc4n23)CC1. The Kier molecular flexibility index (Phi) is 2.66. The Morgan fingerprint density at radius 2 is 2.27 bits per heavy atom.